The highest BCUT2D eigenvalue weighted by Crippen LogP contribution is 2.18. The lowest BCUT2D eigenvalue weighted by Gasteiger charge is -2.09. The highest BCUT2D eigenvalue weighted by Gasteiger charge is 2.02. The Kier molecular flexibility index (Phi) is 5.64. The molecule has 0 saturated carbocycles. The second kappa shape index (κ2) is 7.94. The Balaban J connectivity index is 1.68. The molecule has 0 radical (unpaired) electrons. The molecule has 2 aromatic carbocycles. The van der Waals surface area contributed by atoms with Crippen LogP contribution in [0.3, 0.4) is 0 Å². The van der Waals surface area contributed by atoms with Crippen LogP contribution >= 0.6 is 0 Å². The first-order valence-electron chi connectivity index (χ1n) is 6.85. The van der Waals surface area contributed by atoms with E-state index in [1.54, 1.807) is 7.11 Å². The maximum atomic E-state index is 11.7. The van der Waals surface area contributed by atoms with Crippen LogP contribution in [0.4, 0.5) is 0 Å². The molecule has 0 aliphatic rings. The summed E-state index contributed by atoms with van der Waals surface area (Å²) in [5, 5.41) is 2.83. The molecule has 0 aliphatic heterocycles. The molecule has 4 heteroatoms. The van der Waals surface area contributed by atoms with Crippen molar-refractivity contribution in [1.29, 1.82) is 0 Å². The van der Waals surface area contributed by atoms with Crippen LogP contribution in [-0.2, 0) is 11.2 Å². The van der Waals surface area contributed by atoms with Crippen molar-refractivity contribution in [3.05, 3.63) is 60.2 Å². The highest BCUT2D eigenvalue weighted by atomic mass is 16.5. The standard InChI is InChI=1S/C17H19NO3/c1-20-15-8-5-9-16(13-15)21-11-10-18-17(19)12-14-6-3-2-4-7-14/h2-9,13H,10-12H2,1H3,(H,18,19). The molecule has 2 rings (SSSR count). The van der Waals surface area contributed by atoms with Crippen LogP contribution in [0.2, 0.25) is 0 Å². The molecule has 21 heavy (non-hydrogen) atoms. The number of hydrogen-bond donors (Lipinski definition) is 1. The average Bonchev–Trinajstić information content (AvgIpc) is 2.53. The Bertz CT molecular complexity index is 569. The lowest BCUT2D eigenvalue weighted by Crippen LogP contribution is -2.29. The first-order chi connectivity index (χ1) is 10.3. The maximum Gasteiger partial charge on any atom is 0.224 e. The van der Waals surface area contributed by atoms with E-state index in [9.17, 15) is 4.79 Å². The normalized spacial score (nSPS) is 9.95. The SMILES string of the molecule is COc1cccc(OCCNC(=O)Cc2ccccc2)c1. The van der Waals surface area contributed by atoms with E-state index in [0.29, 0.717) is 19.6 Å². The summed E-state index contributed by atoms with van der Waals surface area (Å²) in [7, 11) is 1.61. The predicted octanol–water partition coefficient (Wildman–Crippen LogP) is 2.43. The van der Waals surface area contributed by atoms with Crippen LogP contribution in [0.1, 0.15) is 5.56 Å². The summed E-state index contributed by atoms with van der Waals surface area (Å²) in [5.74, 6) is 1.47. The Labute approximate surface area is 124 Å². The smallest absolute Gasteiger partial charge is 0.224 e. The molecule has 110 valence electrons. The summed E-state index contributed by atoms with van der Waals surface area (Å²) in [6.45, 7) is 0.899. The van der Waals surface area contributed by atoms with Gasteiger partial charge >= 0.3 is 0 Å². The van der Waals surface area contributed by atoms with Gasteiger partial charge in [-0.15, -0.1) is 0 Å². The van der Waals surface area contributed by atoms with E-state index in [4.69, 9.17) is 9.47 Å². The van der Waals surface area contributed by atoms with E-state index < -0.39 is 0 Å². The summed E-state index contributed by atoms with van der Waals surface area (Å²) in [5.41, 5.74) is 1.00. The topological polar surface area (TPSA) is 47.6 Å². The number of nitrogens with one attached hydrogen (secondary N) is 1. The van der Waals surface area contributed by atoms with Crippen molar-refractivity contribution < 1.29 is 14.3 Å². The monoisotopic (exact) mass is 285 g/mol. The first-order valence-corrected chi connectivity index (χ1v) is 6.85. The van der Waals surface area contributed by atoms with Gasteiger partial charge in [0.15, 0.2) is 0 Å². The highest BCUT2D eigenvalue weighted by molar-refractivity contribution is 5.78. The molecule has 0 aliphatic carbocycles. The van der Waals surface area contributed by atoms with Crippen molar-refractivity contribution in [2.75, 3.05) is 20.3 Å². The molecular weight excluding hydrogens is 266 g/mol. The van der Waals surface area contributed by atoms with Gasteiger partial charge in [-0.25, -0.2) is 0 Å². The van der Waals surface area contributed by atoms with Gasteiger partial charge in [0.05, 0.1) is 20.1 Å². The molecule has 0 unspecified atom stereocenters. The third kappa shape index (κ3) is 5.18. The van der Waals surface area contributed by atoms with Gasteiger partial charge in [0, 0.05) is 6.07 Å². The molecular formula is C17H19NO3. The fourth-order valence-corrected chi connectivity index (χ4v) is 1.89. The van der Waals surface area contributed by atoms with E-state index in [-0.39, 0.29) is 5.91 Å². The van der Waals surface area contributed by atoms with Crippen molar-refractivity contribution in [3.8, 4) is 11.5 Å². The molecule has 2 aromatic rings. The summed E-state index contributed by atoms with van der Waals surface area (Å²) in [6.07, 6.45) is 0.389. The molecule has 0 saturated heterocycles. The Morgan fingerprint density at radius 2 is 1.81 bits per heavy atom. The zero-order valence-corrected chi connectivity index (χ0v) is 12.0. The van der Waals surface area contributed by atoms with Crippen LogP contribution in [0.25, 0.3) is 0 Å². The maximum absolute atomic E-state index is 11.7. The van der Waals surface area contributed by atoms with E-state index in [1.807, 2.05) is 54.6 Å². The van der Waals surface area contributed by atoms with Crippen LogP contribution < -0.4 is 14.8 Å². The van der Waals surface area contributed by atoms with Crippen LogP contribution in [0.5, 0.6) is 11.5 Å². The number of ether oxygens (including phenoxy) is 2. The molecule has 0 bridgehead atoms. The number of methoxy groups -OCH3 is 1. The van der Waals surface area contributed by atoms with E-state index in [0.717, 1.165) is 17.1 Å². The molecule has 0 fully saturated rings. The third-order valence-electron chi connectivity index (χ3n) is 2.94. The van der Waals surface area contributed by atoms with Crippen LogP contribution in [0, 0.1) is 0 Å². The molecule has 1 N–H and O–H groups in total. The van der Waals surface area contributed by atoms with Gasteiger partial charge < -0.3 is 14.8 Å². The number of hydrogen-bond acceptors (Lipinski definition) is 3. The summed E-state index contributed by atoms with van der Waals surface area (Å²) < 4.78 is 10.7. The van der Waals surface area contributed by atoms with Gasteiger partial charge in [-0.1, -0.05) is 36.4 Å². The molecule has 1 amide bonds. The van der Waals surface area contributed by atoms with Crippen molar-refractivity contribution in [2.45, 2.75) is 6.42 Å². The number of benzene rings is 2. The third-order valence-corrected chi connectivity index (χ3v) is 2.94. The summed E-state index contributed by atoms with van der Waals surface area (Å²) in [6, 6.07) is 17.0. The average molecular weight is 285 g/mol. The molecule has 0 atom stereocenters. The minimum atomic E-state index is -0.00422. The van der Waals surface area contributed by atoms with Gasteiger partial charge in [-0.05, 0) is 17.7 Å². The second-order valence-electron chi connectivity index (χ2n) is 4.54. The number of rotatable bonds is 7. The predicted molar refractivity (Wildman–Crippen MR) is 81.6 cm³/mol. The Morgan fingerprint density at radius 1 is 1.05 bits per heavy atom. The molecule has 0 aromatic heterocycles. The summed E-state index contributed by atoms with van der Waals surface area (Å²) >= 11 is 0. The fraction of sp³-hybridized carbons (Fsp3) is 0.235. The van der Waals surface area contributed by atoms with Crippen LogP contribution in [-0.4, -0.2) is 26.2 Å². The first kappa shape index (κ1) is 14.9. The van der Waals surface area contributed by atoms with E-state index in [2.05, 4.69) is 5.32 Å². The van der Waals surface area contributed by atoms with Gasteiger partial charge in [0.1, 0.15) is 18.1 Å². The van der Waals surface area contributed by atoms with Crippen molar-refractivity contribution in [1.82, 2.24) is 5.32 Å². The molecule has 0 heterocycles. The number of amides is 1. The number of carbonyl (C=O) groups is 1. The largest absolute Gasteiger partial charge is 0.497 e. The fourth-order valence-electron chi connectivity index (χ4n) is 1.89. The summed E-state index contributed by atoms with van der Waals surface area (Å²) in [4.78, 5) is 11.7. The lowest BCUT2D eigenvalue weighted by molar-refractivity contribution is -0.120. The Morgan fingerprint density at radius 3 is 2.57 bits per heavy atom. The van der Waals surface area contributed by atoms with Gasteiger partial charge in [-0.2, -0.15) is 0 Å². The number of carbonyl (C=O) groups excluding carboxylic acids is 1. The zero-order chi connectivity index (χ0) is 14.9. The lowest BCUT2D eigenvalue weighted by atomic mass is 10.1. The Hall–Kier alpha value is -2.49. The zero-order valence-electron chi connectivity index (χ0n) is 12.0. The van der Waals surface area contributed by atoms with Gasteiger partial charge in [0.25, 0.3) is 0 Å². The minimum Gasteiger partial charge on any atom is -0.497 e. The van der Waals surface area contributed by atoms with Crippen LogP contribution in [0.15, 0.2) is 54.6 Å². The quantitative estimate of drug-likeness (QED) is 0.795. The second-order valence-corrected chi connectivity index (χ2v) is 4.54. The van der Waals surface area contributed by atoms with E-state index in [1.165, 1.54) is 0 Å². The molecule has 4 nitrogen and oxygen atoms in total. The van der Waals surface area contributed by atoms with Gasteiger partial charge in [-0.3, -0.25) is 4.79 Å². The molecule has 0 spiro atoms. The van der Waals surface area contributed by atoms with Crippen molar-refractivity contribution in [3.63, 3.8) is 0 Å². The van der Waals surface area contributed by atoms with Gasteiger partial charge in [0.2, 0.25) is 5.91 Å². The minimum absolute atomic E-state index is 0.00422. The van der Waals surface area contributed by atoms with Crippen molar-refractivity contribution >= 4 is 5.91 Å². The van der Waals surface area contributed by atoms with Crippen molar-refractivity contribution in [2.24, 2.45) is 0 Å². The van der Waals surface area contributed by atoms with E-state index >= 15 is 0 Å².